The van der Waals surface area contributed by atoms with Crippen LogP contribution in [0, 0.1) is 0 Å². The molecule has 0 aliphatic rings. The summed E-state index contributed by atoms with van der Waals surface area (Å²) in [6, 6.07) is -0.731. The SMILES string of the molecule is C=CCS(=O)CC(NC)C(=O)O. The van der Waals surface area contributed by atoms with Crippen molar-refractivity contribution in [2.75, 3.05) is 18.6 Å². The second kappa shape index (κ2) is 5.91. The van der Waals surface area contributed by atoms with Crippen LogP contribution >= 0.6 is 0 Å². The Morgan fingerprint density at radius 2 is 2.42 bits per heavy atom. The summed E-state index contributed by atoms with van der Waals surface area (Å²) in [5.74, 6) is -0.515. The van der Waals surface area contributed by atoms with Crippen LogP contribution < -0.4 is 5.32 Å². The van der Waals surface area contributed by atoms with Gasteiger partial charge in [-0.05, 0) is 7.05 Å². The van der Waals surface area contributed by atoms with E-state index in [2.05, 4.69) is 11.9 Å². The predicted octanol–water partition coefficient (Wildman–Crippen LogP) is -0.406. The molecule has 0 saturated carbocycles. The third-order valence-corrected chi connectivity index (χ3v) is 2.62. The standard InChI is InChI=1S/C7H13NO3S/c1-3-4-12(11)5-6(8-2)7(9)10/h3,6,8H,1,4-5H2,2H3,(H,9,10). The van der Waals surface area contributed by atoms with E-state index in [9.17, 15) is 9.00 Å². The van der Waals surface area contributed by atoms with Crippen LogP contribution in [0.2, 0.25) is 0 Å². The van der Waals surface area contributed by atoms with Crippen LogP contribution in [-0.4, -0.2) is 39.9 Å². The van der Waals surface area contributed by atoms with Crippen molar-refractivity contribution in [3.8, 4) is 0 Å². The maximum Gasteiger partial charge on any atom is 0.321 e. The first-order valence-corrected chi connectivity index (χ1v) is 4.96. The Labute approximate surface area is 74.1 Å². The van der Waals surface area contributed by atoms with Gasteiger partial charge in [-0.3, -0.25) is 9.00 Å². The van der Waals surface area contributed by atoms with Gasteiger partial charge in [0.25, 0.3) is 0 Å². The lowest BCUT2D eigenvalue weighted by molar-refractivity contribution is -0.138. The maximum atomic E-state index is 11.1. The first-order chi connectivity index (χ1) is 5.61. The molecule has 5 heteroatoms. The van der Waals surface area contributed by atoms with Crippen LogP contribution in [0.1, 0.15) is 0 Å². The zero-order chi connectivity index (χ0) is 9.56. The Morgan fingerprint density at radius 1 is 1.83 bits per heavy atom. The van der Waals surface area contributed by atoms with Crippen LogP contribution in [0.25, 0.3) is 0 Å². The zero-order valence-corrected chi connectivity index (χ0v) is 7.76. The van der Waals surface area contributed by atoms with Gasteiger partial charge in [0, 0.05) is 22.3 Å². The summed E-state index contributed by atoms with van der Waals surface area (Å²) in [4.78, 5) is 10.4. The highest BCUT2D eigenvalue weighted by molar-refractivity contribution is 7.85. The van der Waals surface area contributed by atoms with E-state index >= 15 is 0 Å². The summed E-state index contributed by atoms with van der Waals surface area (Å²) in [6.07, 6.45) is 1.52. The molecule has 0 radical (unpaired) electrons. The Kier molecular flexibility index (Phi) is 5.57. The lowest BCUT2D eigenvalue weighted by Gasteiger charge is -2.08. The molecule has 0 fully saturated rings. The fourth-order valence-electron chi connectivity index (χ4n) is 0.663. The summed E-state index contributed by atoms with van der Waals surface area (Å²) in [5, 5.41) is 11.1. The molecule has 12 heavy (non-hydrogen) atoms. The number of carbonyl (C=O) groups is 1. The van der Waals surface area contributed by atoms with E-state index in [1.807, 2.05) is 0 Å². The lowest BCUT2D eigenvalue weighted by atomic mass is 10.3. The van der Waals surface area contributed by atoms with Crippen molar-refractivity contribution in [1.29, 1.82) is 0 Å². The van der Waals surface area contributed by atoms with Gasteiger partial charge in [-0.15, -0.1) is 6.58 Å². The van der Waals surface area contributed by atoms with Crippen molar-refractivity contribution in [3.63, 3.8) is 0 Å². The highest BCUT2D eigenvalue weighted by atomic mass is 32.2. The summed E-state index contributed by atoms with van der Waals surface area (Å²) >= 11 is 0. The number of likely N-dealkylation sites (N-methyl/N-ethyl adjacent to an activating group) is 1. The number of rotatable bonds is 6. The summed E-state index contributed by atoms with van der Waals surface area (Å²) in [6.45, 7) is 3.42. The number of hydrogen-bond acceptors (Lipinski definition) is 3. The third-order valence-electron chi connectivity index (χ3n) is 1.30. The monoisotopic (exact) mass is 191 g/mol. The van der Waals surface area contributed by atoms with Gasteiger partial charge >= 0.3 is 5.97 Å². The second-order valence-electron chi connectivity index (χ2n) is 2.24. The Bertz CT molecular complexity index is 193. The molecule has 0 aromatic carbocycles. The van der Waals surface area contributed by atoms with E-state index in [-0.39, 0.29) is 5.75 Å². The maximum absolute atomic E-state index is 11.1. The number of carboxylic acids is 1. The van der Waals surface area contributed by atoms with Crippen LogP contribution in [0.5, 0.6) is 0 Å². The first kappa shape index (κ1) is 11.3. The van der Waals surface area contributed by atoms with Crippen molar-refractivity contribution >= 4 is 16.8 Å². The Morgan fingerprint density at radius 3 is 2.75 bits per heavy atom. The van der Waals surface area contributed by atoms with E-state index in [1.54, 1.807) is 0 Å². The van der Waals surface area contributed by atoms with Gasteiger partial charge in [-0.2, -0.15) is 0 Å². The fraction of sp³-hybridized carbons (Fsp3) is 0.571. The Balaban J connectivity index is 3.93. The summed E-state index contributed by atoms with van der Waals surface area (Å²) in [5.41, 5.74) is 0. The zero-order valence-electron chi connectivity index (χ0n) is 6.95. The Hall–Kier alpha value is -0.680. The van der Waals surface area contributed by atoms with Crippen molar-refractivity contribution in [2.24, 2.45) is 0 Å². The van der Waals surface area contributed by atoms with Gasteiger partial charge in [0.15, 0.2) is 0 Å². The van der Waals surface area contributed by atoms with Gasteiger partial charge in [-0.25, -0.2) is 0 Å². The minimum atomic E-state index is -1.13. The number of carboxylic acid groups (broad SMARTS) is 1. The molecule has 2 N–H and O–H groups in total. The van der Waals surface area contributed by atoms with Crippen molar-refractivity contribution in [1.82, 2.24) is 5.32 Å². The molecule has 0 saturated heterocycles. The average molecular weight is 191 g/mol. The van der Waals surface area contributed by atoms with Crippen molar-refractivity contribution < 1.29 is 14.1 Å². The molecular weight excluding hydrogens is 178 g/mol. The van der Waals surface area contributed by atoms with E-state index < -0.39 is 22.8 Å². The summed E-state index contributed by atoms with van der Waals surface area (Å²) in [7, 11) is 0.400. The van der Waals surface area contributed by atoms with Crippen molar-refractivity contribution in [2.45, 2.75) is 6.04 Å². The van der Waals surface area contributed by atoms with Crippen LogP contribution in [-0.2, 0) is 15.6 Å². The largest absolute Gasteiger partial charge is 0.480 e. The topological polar surface area (TPSA) is 66.4 Å². The first-order valence-electron chi connectivity index (χ1n) is 3.47. The predicted molar refractivity (Wildman–Crippen MR) is 48.6 cm³/mol. The van der Waals surface area contributed by atoms with E-state index in [0.29, 0.717) is 5.75 Å². The molecule has 2 atom stereocenters. The smallest absolute Gasteiger partial charge is 0.321 e. The van der Waals surface area contributed by atoms with Crippen LogP contribution in [0.15, 0.2) is 12.7 Å². The molecule has 70 valence electrons. The second-order valence-corrected chi connectivity index (χ2v) is 3.79. The van der Waals surface area contributed by atoms with Gasteiger partial charge in [0.1, 0.15) is 6.04 Å². The minimum absolute atomic E-state index is 0.123. The van der Waals surface area contributed by atoms with Gasteiger partial charge in [0.2, 0.25) is 0 Å². The molecule has 0 aromatic rings. The van der Waals surface area contributed by atoms with Gasteiger partial charge in [0.05, 0.1) is 0 Å². The highest BCUT2D eigenvalue weighted by Gasteiger charge is 2.16. The van der Waals surface area contributed by atoms with Gasteiger partial charge in [-0.1, -0.05) is 6.08 Å². The molecule has 2 unspecified atom stereocenters. The van der Waals surface area contributed by atoms with Gasteiger partial charge < -0.3 is 10.4 Å². The molecule has 0 spiro atoms. The van der Waals surface area contributed by atoms with E-state index in [0.717, 1.165) is 0 Å². The fourth-order valence-corrected chi connectivity index (χ4v) is 1.74. The quantitative estimate of drug-likeness (QED) is 0.560. The third kappa shape index (κ3) is 4.25. The van der Waals surface area contributed by atoms with E-state index in [4.69, 9.17) is 5.11 Å². The molecule has 0 heterocycles. The van der Waals surface area contributed by atoms with Crippen LogP contribution in [0.4, 0.5) is 0 Å². The summed E-state index contributed by atoms with van der Waals surface area (Å²) < 4.78 is 11.1. The molecule has 0 amide bonds. The molecular formula is C7H13NO3S. The number of hydrogen-bond donors (Lipinski definition) is 2. The van der Waals surface area contributed by atoms with Crippen molar-refractivity contribution in [3.05, 3.63) is 12.7 Å². The molecule has 0 aromatic heterocycles. The average Bonchev–Trinajstić information content (AvgIpc) is 2.00. The minimum Gasteiger partial charge on any atom is -0.480 e. The molecule has 0 rings (SSSR count). The highest BCUT2D eigenvalue weighted by Crippen LogP contribution is 1.90. The molecule has 4 nitrogen and oxygen atoms in total. The van der Waals surface area contributed by atoms with E-state index in [1.165, 1.54) is 13.1 Å². The normalized spacial score (nSPS) is 15.1. The molecule has 0 bridgehead atoms. The van der Waals surface area contributed by atoms with Crippen LogP contribution in [0.3, 0.4) is 0 Å². The molecule has 0 aliphatic heterocycles. The lowest BCUT2D eigenvalue weighted by Crippen LogP contribution is -2.38. The molecule has 0 aliphatic carbocycles. The number of aliphatic carboxylic acids is 1. The number of nitrogens with one attached hydrogen (secondary N) is 1.